The van der Waals surface area contributed by atoms with E-state index in [1.807, 2.05) is 45.2 Å². The summed E-state index contributed by atoms with van der Waals surface area (Å²) in [6, 6.07) is 7.73. The third-order valence-corrected chi connectivity index (χ3v) is 2.11. The second-order valence-corrected chi connectivity index (χ2v) is 3.93. The fourth-order valence-corrected chi connectivity index (χ4v) is 1.31. The first-order valence-electron chi connectivity index (χ1n) is 5.76. The van der Waals surface area contributed by atoms with Gasteiger partial charge in [-0.2, -0.15) is 0 Å². The summed E-state index contributed by atoms with van der Waals surface area (Å²) in [5, 5.41) is 2.85. The van der Waals surface area contributed by atoms with Gasteiger partial charge in [-0.1, -0.05) is 12.1 Å². The molecule has 1 rings (SSSR count). The van der Waals surface area contributed by atoms with Crippen molar-refractivity contribution in [1.82, 2.24) is 16.2 Å². The van der Waals surface area contributed by atoms with Crippen LogP contribution in [0.1, 0.15) is 29.8 Å². The number of benzene rings is 1. The van der Waals surface area contributed by atoms with Crippen LogP contribution in [0.2, 0.25) is 0 Å². The van der Waals surface area contributed by atoms with Crippen molar-refractivity contribution in [3.63, 3.8) is 0 Å². The molecule has 0 atom stereocenters. The van der Waals surface area contributed by atoms with E-state index >= 15 is 0 Å². The number of carbonyl (C=O) groups is 1. The van der Waals surface area contributed by atoms with Gasteiger partial charge in [0, 0.05) is 18.2 Å². The lowest BCUT2D eigenvalue weighted by Gasteiger charge is -2.09. The van der Waals surface area contributed by atoms with E-state index in [0.29, 0.717) is 5.56 Å². The number of nitrogens with one attached hydrogen (secondary N) is 3. The third kappa shape index (κ3) is 6.31. The Morgan fingerprint density at radius 1 is 1.22 bits per heavy atom. The van der Waals surface area contributed by atoms with Crippen LogP contribution in [0.4, 0.5) is 0 Å². The lowest BCUT2D eigenvalue weighted by molar-refractivity contribution is 0.0943. The Balaban J connectivity index is 0.00000137. The van der Waals surface area contributed by atoms with Crippen LogP contribution in [0.15, 0.2) is 24.3 Å². The molecule has 102 valence electrons. The van der Waals surface area contributed by atoms with Crippen LogP contribution in [-0.2, 0) is 6.54 Å². The van der Waals surface area contributed by atoms with E-state index in [2.05, 4.69) is 27.9 Å². The molecule has 0 unspecified atom stereocenters. The molecule has 6 nitrogen and oxygen atoms in total. The van der Waals surface area contributed by atoms with E-state index in [1.54, 1.807) is 0 Å². The fraction of sp³-hybridized carbons (Fsp3) is 0.417. The van der Waals surface area contributed by atoms with Crippen molar-refractivity contribution in [3.05, 3.63) is 35.4 Å². The lowest BCUT2D eigenvalue weighted by Crippen LogP contribution is -2.30. The molecule has 1 aromatic carbocycles. The van der Waals surface area contributed by atoms with Crippen LogP contribution in [0.5, 0.6) is 0 Å². The zero-order valence-electron chi connectivity index (χ0n) is 11.2. The standard InChI is InChI=1S/C12H19N3O.H4N2/c1-9(2)15-12(16)11-6-4-10(5-7-11)8-14-13-3;1-2/h4-7,9,13-14H,8H2,1-3H3,(H,15,16);1-2H2. The van der Waals surface area contributed by atoms with Gasteiger partial charge in [0.25, 0.3) is 5.91 Å². The summed E-state index contributed by atoms with van der Waals surface area (Å²) < 4.78 is 0. The van der Waals surface area contributed by atoms with Crippen LogP contribution in [0, 0.1) is 0 Å². The van der Waals surface area contributed by atoms with Crippen LogP contribution < -0.4 is 27.9 Å². The number of nitrogens with two attached hydrogens (primary N) is 2. The van der Waals surface area contributed by atoms with Crippen LogP contribution in [-0.4, -0.2) is 19.0 Å². The van der Waals surface area contributed by atoms with E-state index in [9.17, 15) is 4.79 Å². The molecule has 0 saturated carbocycles. The molecule has 1 aromatic rings. The Labute approximate surface area is 108 Å². The zero-order valence-corrected chi connectivity index (χ0v) is 11.2. The van der Waals surface area contributed by atoms with E-state index in [0.717, 1.165) is 12.1 Å². The molecule has 0 aromatic heterocycles. The van der Waals surface area contributed by atoms with Gasteiger partial charge >= 0.3 is 0 Å². The molecule has 0 fully saturated rings. The highest BCUT2D eigenvalue weighted by atomic mass is 16.1. The first-order chi connectivity index (χ1) is 8.63. The van der Waals surface area contributed by atoms with Crippen LogP contribution >= 0.6 is 0 Å². The quantitative estimate of drug-likeness (QED) is 0.371. The second-order valence-electron chi connectivity index (χ2n) is 3.93. The van der Waals surface area contributed by atoms with Gasteiger partial charge in [-0.05, 0) is 38.6 Å². The SMILES string of the molecule is CNNCc1ccc(C(=O)NC(C)C)cc1.NN. The highest BCUT2D eigenvalue weighted by Gasteiger charge is 2.05. The summed E-state index contributed by atoms with van der Waals surface area (Å²) in [6.07, 6.45) is 0. The first-order valence-corrected chi connectivity index (χ1v) is 5.76. The van der Waals surface area contributed by atoms with Gasteiger partial charge in [-0.15, -0.1) is 0 Å². The van der Waals surface area contributed by atoms with Gasteiger partial charge in [-0.3, -0.25) is 27.3 Å². The Hall–Kier alpha value is -1.47. The maximum Gasteiger partial charge on any atom is 0.251 e. The smallest absolute Gasteiger partial charge is 0.251 e. The minimum absolute atomic E-state index is 0.0249. The molecule has 0 bridgehead atoms. The molecule has 0 radical (unpaired) electrons. The maximum atomic E-state index is 11.6. The van der Waals surface area contributed by atoms with Gasteiger partial charge in [0.1, 0.15) is 0 Å². The normalized spacial score (nSPS) is 9.67. The summed E-state index contributed by atoms with van der Waals surface area (Å²) in [4.78, 5) is 11.6. The van der Waals surface area contributed by atoms with E-state index in [-0.39, 0.29) is 11.9 Å². The molecular weight excluding hydrogens is 230 g/mol. The van der Waals surface area contributed by atoms with Gasteiger partial charge in [-0.25, -0.2) is 0 Å². The monoisotopic (exact) mass is 253 g/mol. The van der Waals surface area contributed by atoms with Crippen molar-refractivity contribution in [3.8, 4) is 0 Å². The number of hydrogen-bond donors (Lipinski definition) is 5. The zero-order chi connectivity index (χ0) is 14.0. The highest BCUT2D eigenvalue weighted by molar-refractivity contribution is 5.94. The molecule has 6 heteroatoms. The molecule has 18 heavy (non-hydrogen) atoms. The van der Waals surface area contributed by atoms with Gasteiger partial charge in [0.15, 0.2) is 0 Å². The Bertz CT molecular complexity index is 337. The lowest BCUT2D eigenvalue weighted by atomic mass is 10.1. The topological polar surface area (TPSA) is 105 Å². The highest BCUT2D eigenvalue weighted by Crippen LogP contribution is 2.04. The van der Waals surface area contributed by atoms with Gasteiger partial charge in [0.05, 0.1) is 0 Å². The largest absolute Gasteiger partial charge is 0.350 e. The number of hydrogen-bond acceptors (Lipinski definition) is 5. The van der Waals surface area contributed by atoms with Crippen LogP contribution in [0.3, 0.4) is 0 Å². The number of amides is 1. The molecule has 1 amide bonds. The van der Waals surface area contributed by atoms with Gasteiger partial charge < -0.3 is 5.32 Å². The maximum absolute atomic E-state index is 11.6. The van der Waals surface area contributed by atoms with E-state index in [4.69, 9.17) is 0 Å². The summed E-state index contributed by atoms with van der Waals surface area (Å²) in [5.74, 6) is 7.98. The minimum atomic E-state index is -0.0249. The molecule has 0 aliphatic rings. The molecule has 0 heterocycles. The van der Waals surface area contributed by atoms with Crippen LogP contribution in [0.25, 0.3) is 0 Å². The van der Waals surface area contributed by atoms with E-state index in [1.165, 1.54) is 0 Å². The second kappa shape index (κ2) is 9.55. The molecule has 0 saturated heterocycles. The number of hydrazine groups is 2. The van der Waals surface area contributed by atoms with Gasteiger partial charge in [0.2, 0.25) is 0 Å². The Morgan fingerprint density at radius 2 is 1.78 bits per heavy atom. The average molecular weight is 253 g/mol. The first kappa shape index (κ1) is 16.5. The van der Waals surface area contributed by atoms with E-state index < -0.39 is 0 Å². The summed E-state index contributed by atoms with van der Waals surface area (Å²) >= 11 is 0. The summed E-state index contributed by atoms with van der Waals surface area (Å²) in [7, 11) is 1.82. The fourth-order valence-electron chi connectivity index (χ4n) is 1.31. The van der Waals surface area contributed by atoms with Crippen molar-refractivity contribution in [2.24, 2.45) is 11.7 Å². The van der Waals surface area contributed by atoms with Crippen molar-refractivity contribution in [1.29, 1.82) is 0 Å². The van der Waals surface area contributed by atoms with Crippen molar-refractivity contribution in [2.45, 2.75) is 26.4 Å². The predicted octanol–water partition coefficient (Wildman–Crippen LogP) is -0.132. The Kier molecular flexibility index (Phi) is 8.77. The van der Waals surface area contributed by atoms with Crippen molar-refractivity contribution < 1.29 is 4.79 Å². The van der Waals surface area contributed by atoms with Crippen molar-refractivity contribution >= 4 is 5.91 Å². The Morgan fingerprint density at radius 3 is 2.22 bits per heavy atom. The third-order valence-electron chi connectivity index (χ3n) is 2.11. The summed E-state index contributed by atoms with van der Waals surface area (Å²) in [6.45, 7) is 4.63. The predicted molar refractivity (Wildman–Crippen MR) is 73.3 cm³/mol. The number of carbonyl (C=O) groups excluding carboxylic acids is 1. The number of rotatable bonds is 5. The molecular formula is C12H23N5O. The molecule has 0 spiro atoms. The van der Waals surface area contributed by atoms with Crippen molar-refractivity contribution in [2.75, 3.05) is 7.05 Å². The molecule has 0 aliphatic carbocycles. The molecule has 7 N–H and O–H groups in total. The average Bonchev–Trinajstić information content (AvgIpc) is 2.38. The molecule has 0 aliphatic heterocycles. The summed E-state index contributed by atoms with van der Waals surface area (Å²) in [5.41, 5.74) is 7.68. The minimum Gasteiger partial charge on any atom is -0.350 e.